The van der Waals surface area contributed by atoms with Crippen LogP contribution in [0.15, 0.2) is 12.7 Å². The van der Waals surface area contributed by atoms with Crippen LogP contribution in [0.1, 0.15) is 52.9 Å². The van der Waals surface area contributed by atoms with Crippen LogP contribution in [0.5, 0.6) is 0 Å². The summed E-state index contributed by atoms with van der Waals surface area (Å²) in [6.45, 7) is 13.8. The van der Waals surface area contributed by atoms with E-state index in [9.17, 15) is 4.79 Å². The van der Waals surface area contributed by atoms with E-state index in [1.807, 2.05) is 31.7 Å². The number of unbranched alkanes of at least 4 members (excludes halogenated alkanes) is 1. The highest BCUT2D eigenvalue weighted by Crippen LogP contribution is 2.24. The predicted octanol–water partition coefficient (Wildman–Crippen LogP) is 3.44. The minimum atomic E-state index is -0.434. The van der Waals surface area contributed by atoms with Gasteiger partial charge in [0.2, 0.25) is 0 Å². The molecular formula is C19H34N2O3. The number of hydrogen-bond donors (Lipinski definition) is 0. The maximum absolute atomic E-state index is 12.2. The standard InChI is InChI=1S/C19H34N2O3/c1-5-6-7-11-20(13-14-23-17-8-9-17)16-10-12-21(15-16)18(22)24-19(2,3)4/h5,16-17H,1,6-15H2,2-4H3/t16-/m1/s1. The first kappa shape index (κ1) is 19.3. The number of carbonyl (C=O) groups is 1. The predicted molar refractivity (Wildman–Crippen MR) is 96.2 cm³/mol. The van der Waals surface area contributed by atoms with Crippen LogP contribution < -0.4 is 0 Å². The van der Waals surface area contributed by atoms with E-state index in [-0.39, 0.29) is 6.09 Å². The molecule has 1 saturated heterocycles. The summed E-state index contributed by atoms with van der Waals surface area (Å²) in [7, 11) is 0. The molecule has 0 unspecified atom stereocenters. The molecule has 1 saturated carbocycles. The molecule has 1 aliphatic carbocycles. The first-order valence-corrected chi connectivity index (χ1v) is 9.33. The van der Waals surface area contributed by atoms with Crippen molar-refractivity contribution in [2.24, 2.45) is 0 Å². The summed E-state index contributed by atoms with van der Waals surface area (Å²) in [6, 6.07) is 0.408. The molecule has 1 atom stereocenters. The summed E-state index contributed by atoms with van der Waals surface area (Å²) in [5.41, 5.74) is -0.434. The first-order chi connectivity index (χ1) is 11.4. The number of ether oxygens (including phenoxy) is 2. The highest BCUT2D eigenvalue weighted by atomic mass is 16.6. The van der Waals surface area contributed by atoms with Crippen molar-refractivity contribution in [3.05, 3.63) is 12.7 Å². The number of likely N-dealkylation sites (tertiary alicyclic amines) is 1. The van der Waals surface area contributed by atoms with E-state index in [0.29, 0.717) is 12.1 Å². The highest BCUT2D eigenvalue weighted by Gasteiger charge is 2.32. The molecule has 1 amide bonds. The van der Waals surface area contributed by atoms with E-state index in [0.717, 1.165) is 52.0 Å². The second-order valence-corrected chi connectivity index (χ2v) is 7.91. The summed E-state index contributed by atoms with van der Waals surface area (Å²) < 4.78 is 11.3. The van der Waals surface area contributed by atoms with Gasteiger partial charge in [0.25, 0.3) is 0 Å². The molecule has 0 spiro atoms. The Kier molecular flexibility index (Phi) is 7.11. The summed E-state index contributed by atoms with van der Waals surface area (Å²) in [6.07, 6.45) is 7.86. The summed E-state index contributed by atoms with van der Waals surface area (Å²) in [5.74, 6) is 0. The number of amides is 1. The molecule has 24 heavy (non-hydrogen) atoms. The van der Waals surface area contributed by atoms with Gasteiger partial charge in [0, 0.05) is 25.7 Å². The molecule has 0 bridgehead atoms. The summed E-state index contributed by atoms with van der Waals surface area (Å²) in [4.78, 5) is 16.6. The van der Waals surface area contributed by atoms with Gasteiger partial charge in [-0.15, -0.1) is 6.58 Å². The third-order valence-corrected chi connectivity index (χ3v) is 4.44. The number of allylic oxidation sites excluding steroid dienone is 1. The third-order valence-electron chi connectivity index (χ3n) is 4.44. The smallest absolute Gasteiger partial charge is 0.410 e. The minimum Gasteiger partial charge on any atom is -0.444 e. The van der Waals surface area contributed by atoms with Gasteiger partial charge in [0.05, 0.1) is 12.7 Å². The topological polar surface area (TPSA) is 42.0 Å². The van der Waals surface area contributed by atoms with Crippen molar-refractivity contribution >= 4 is 6.09 Å². The Bertz CT molecular complexity index is 415. The zero-order valence-corrected chi connectivity index (χ0v) is 15.6. The molecule has 0 N–H and O–H groups in total. The first-order valence-electron chi connectivity index (χ1n) is 9.33. The zero-order chi connectivity index (χ0) is 17.6. The van der Waals surface area contributed by atoms with Gasteiger partial charge >= 0.3 is 6.09 Å². The number of carbonyl (C=O) groups excluding carboxylic acids is 1. The molecule has 0 aromatic rings. The number of nitrogens with zero attached hydrogens (tertiary/aromatic N) is 2. The van der Waals surface area contributed by atoms with Crippen LogP contribution >= 0.6 is 0 Å². The second-order valence-electron chi connectivity index (χ2n) is 7.91. The lowest BCUT2D eigenvalue weighted by Gasteiger charge is -2.29. The van der Waals surface area contributed by atoms with Crippen molar-refractivity contribution in [2.45, 2.75) is 70.6 Å². The third kappa shape index (κ3) is 6.81. The Labute approximate surface area is 147 Å². The van der Waals surface area contributed by atoms with Crippen molar-refractivity contribution in [1.82, 2.24) is 9.80 Å². The van der Waals surface area contributed by atoms with E-state index < -0.39 is 5.60 Å². The van der Waals surface area contributed by atoms with Crippen molar-refractivity contribution in [3.8, 4) is 0 Å². The molecule has 1 heterocycles. The van der Waals surface area contributed by atoms with E-state index in [4.69, 9.17) is 9.47 Å². The maximum atomic E-state index is 12.2. The van der Waals surface area contributed by atoms with Crippen LogP contribution in [-0.4, -0.2) is 66.4 Å². The van der Waals surface area contributed by atoms with Gasteiger partial charge < -0.3 is 14.4 Å². The lowest BCUT2D eigenvalue weighted by molar-refractivity contribution is 0.0272. The fraction of sp³-hybridized carbons (Fsp3) is 0.842. The molecule has 5 nitrogen and oxygen atoms in total. The minimum absolute atomic E-state index is 0.190. The highest BCUT2D eigenvalue weighted by molar-refractivity contribution is 5.68. The average Bonchev–Trinajstić information content (AvgIpc) is 3.18. The molecule has 0 aromatic carbocycles. The van der Waals surface area contributed by atoms with Crippen LogP contribution in [0, 0.1) is 0 Å². The van der Waals surface area contributed by atoms with Crippen LogP contribution in [0.3, 0.4) is 0 Å². The molecule has 2 aliphatic rings. The van der Waals surface area contributed by atoms with Crippen molar-refractivity contribution < 1.29 is 14.3 Å². The number of hydrogen-bond acceptors (Lipinski definition) is 4. The Morgan fingerprint density at radius 1 is 1.29 bits per heavy atom. The quantitative estimate of drug-likeness (QED) is 0.477. The van der Waals surface area contributed by atoms with E-state index in [1.165, 1.54) is 12.8 Å². The fourth-order valence-corrected chi connectivity index (χ4v) is 3.02. The lowest BCUT2D eigenvalue weighted by Crippen LogP contribution is -2.42. The van der Waals surface area contributed by atoms with E-state index >= 15 is 0 Å². The molecule has 1 aliphatic heterocycles. The van der Waals surface area contributed by atoms with Gasteiger partial charge in [-0.1, -0.05) is 6.08 Å². The molecule has 138 valence electrons. The van der Waals surface area contributed by atoms with Crippen LogP contribution in [-0.2, 0) is 9.47 Å². The molecule has 2 rings (SSSR count). The van der Waals surface area contributed by atoms with Gasteiger partial charge in [-0.3, -0.25) is 4.90 Å². The largest absolute Gasteiger partial charge is 0.444 e. The van der Waals surface area contributed by atoms with Gasteiger partial charge in [0.15, 0.2) is 0 Å². The Morgan fingerprint density at radius 2 is 2.04 bits per heavy atom. The van der Waals surface area contributed by atoms with Crippen LogP contribution in [0.25, 0.3) is 0 Å². The molecule has 5 heteroatoms. The van der Waals surface area contributed by atoms with Gasteiger partial charge in [0.1, 0.15) is 5.60 Å². The summed E-state index contributed by atoms with van der Waals surface area (Å²) >= 11 is 0. The Hall–Kier alpha value is -1.07. The zero-order valence-electron chi connectivity index (χ0n) is 15.6. The molecular weight excluding hydrogens is 304 g/mol. The second kappa shape index (κ2) is 8.86. The lowest BCUT2D eigenvalue weighted by atomic mass is 10.2. The van der Waals surface area contributed by atoms with Crippen LogP contribution in [0.2, 0.25) is 0 Å². The maximum Gasteiger partial charge on any atom is 0.410 e. The fourth-order valence-electron chi connectivity index (χ4n) is 3.02. The van der Waals surface area contributed by atoms with Crippen molar-refractivity contribution in [1.29, 1.82) is 0 Å². The summed E-state index contributed by atoms with van der Waals surface area (Å²) in [5, 5.41) is 0. The van der Waals surface area contributed by atoms with Crippen molar-refractivity contribution in [2.75, 3.05) is 32.8 Å². The number of rotatable bonds is 9. The average molecular weight is 338 g/mol. The molecule has 2 fully saturated rings. The van der Waals surface area contributed by atoms with E-state index in [1.54, 1.807) is 0 Å². The van der Waals surface area contributed by atoms with Gasteiger partial charge in [-0.25, -0.2) is 4.79 Å². The van der Waals surface area contributed by atoms with Gasteiger partial charge in [-0.05, 0) is 59.4 Å². The van der Waals surface area contributed by atoms with Crippen LogP contribution in [0.4, 0.5) is 4.79 Å². The van der Waals surface area contributed by atoms with Crippen molar-refractivity contribution in [3.63, 3.8) is 0 Å². The SMILES string of the molecule is C=CCCCN(CCOC1CC1)[C@@H]1CCN(C(=O)OC(C)(C)C)C1. The molecule has 0 radical (unpaired) electrons. The normalized spacial score (nSPS) is 21.3. The Morgan fingerprint density at radius 3 is 2.67 bits per heavy atom. The molecule has 0 aromatic heterocycles. The monoisotopic (exact) mass is 338 g/mol. The van der Waals surface area contributed by atoms with Gasteiger partial charge in [-0.2, -0.15) is 0 Å². The Balaban J connectivity index is 1.81. The van der Waals surface area contributed by atoms with E-state index in [2.05, 4.69) is 11.5 Å².